The molecule has 0 spiro atoms. The highest BCUT2D eigenvalue weighted by molar-refractivity contribution is 7.20. The Kier molecular flexibility index (Phi) is 7.37. The number of nitrogens with one attached hydrogen (secondary N) is 1. The summed E-state index contributed by atoms with van der Waals surface area (Å²) in [5, 5.41) is 4.13. The summed E-state index contributed by atoms with van der Waals surface area (Å²) in [6.45, 7) is 2.61. The van der Waals surface area contributed by atoms with E-state index >= 15 is 0 Å². The van der Waals surface area contributed by atoms with E-state index in [0.717, 1.165) is 79.0 Å². The summed E-state index contributed by atoms with van der Waals surface area (Å²) in [7, 11) is 0. The quantitative estimate of drug-likeness (QED) is 0.632. The van der Waals surface area contributed by atoms with Gasteiger partial charge in [-0.1, -0.05) is 32.1 Å². The molecule has 2 aromatic heterocycles. The van der Waals surface area contributed by atoms with Gasteiger partial charge in [0.05, 0.1) is 9.58 Å². The molecule has 1 N–H and O–H groups in total. The van der Waals surface area contributed by atoms with Crippen molar-refractivity contribution < 1.29 is 9.59 Å². The van der Waals surface area contributed by atoms with Gasteiger partial charge in [-0.3, -0.25) is 14.6 Å². The van der Waals surface area contributed by atoms with Gasteiger partial charge in [0.25, 0.3) is 5.91 Å². The number of carbonyl (C=O) groups is 2. The fraction of sp³-hybridized carbons (Fsp3) is 0.625. The molecule has 5 nitrogen and oxygen atoms in total. The van der Waals surface area contributed by atoms with Gasteiger partial charge in [-0.15, -0.1) is 11.3 Å². The molecule has 1 saturated heterocycles. The first-order valence-corrected chi connectivity index (χ1v) is 12.4. The van der Waals surface area contributed by atoms with Crippen LogP contribution in [0.5, 0.6) is 0 Å². The van der Waals surface area contributed by atoms with Gasteiger partial charge in [0, 0.05) is 37.9 Å². The van der Waals surface area contributed by atoms with Crippen molar-refractivity contribution in [1.82, 2.24) is 15.2 Å². The predicted molar refractivity (Wildman–Crippen MR) is 122 cm³/mol. The second-order valence-electron chi connectivity index (χ2n) is 8.88. The lowest BCUT2D eigenvalue weighted by atomic mass is 9.86. The van der Waals surface area contributed by atoms with Gasteiger partial charge in [-0.2, -0.15) is 0 Å². The van der Waals surface area contributed by atoms with Crippen molar-refractivity contribution in [2.75, 3.05) is 19.6 Å². The van der Waals surface area contributed by atoms with Crippen LogP contribution >= 0.6 is 11.3 Å². The number of carbonyl (C=O) groups excluding carboxylic acids is 2. The molecule has 4 rings (SSSR count). The lowest BCUT2D eigenvalue weighted by Crippen LogP contribution is -2.42. The minimum atomic E-state index is 0.0192. The van der Waals surface area contributed by atoms with Crippen LogP contribution in [0.3, 0.4) is 0 Å². The fourth-order valence-corrected chi connectivity index (χ4v) is 5.84. The lowest BCUT2D eigenvalue weighted by Gasteiger charge is -2.35. The number of aromatic nitrogens is 1. The Bertz CT molecular complexity index is 818. The number of fused-ring (bicyclic) bond motifs is 1. The molecule has 2 fully saturated rings. The summed E-state index contributed by atoms with van der Waals surface area (Å²) in [6, 6.07) is 3.88. The number of amides is 2. The molecule has 1 aliphatic carbocycles. The van der Waals surface area contributed by atoms with Crippen LogP contribution in [-0.4, -0.2) is 41.3 Å². The van der Waals surface area contributed by atoms with Crippen LogP contribution in [0, 0.1) is 11.8 Å². The molecule has 2 aliphatic rings. The van der Waals surface area contributed by atoms with Crippen LogP contribution in [0.4, 0.5) is 0 Å². The lowest BCUT2D eigenvalue weighted by molar-refractivity contribution is -0.138. The van der Waals surface area contributed by atoms with E-state index in [1.54, 1.807) is 6.20 Å². The maximum absolute atomic E-state index is 12.7. The van der Waals surface area contributed by atoms with Gasteiger partial charge in [-0.25, -0.2) is 0 Å². The van der Waals surface area contributed by atoms with Crippen molar-refractivity contribution in [2.45, 2.75) is 64.2 Å². The molecule has 0 radical (unpaired) electrons. The van der Waals surface area contributed by atoms with Crippen molar-refractivity contribution in [3.8, 4) is 0 Å². The van der Waals surface area contributed by atoms with E-state index in [0.29, 0.717) is 11.8 Å². The molecule has 0 atom stereocenters. The van der Waals surface area contributed by atoms with Gasteiger partial charge < -0.3 is 10.2 Å². The van der Waals surface area contributed by atoms with Gasteiger partial charge in [0.2, 0.25) is 5.91 Å². The number of thiophene rings is 1. The molecule has 2 aromatic rings. The monoisotopic (exact) mass is 427 g/mol. The highest BCUT2D eigenvalue weighted by Crippen LogP contribution is 2.29. The van der Waals surface area contributed by atoms with Crippen molar-refractivity contribution in [3.05, 3.63) is 29.4 Å². The maximum Gasteiger partial charge on any atom is 0.261 e. The van der Waals surface area contributed by atoms with E-state index in [1.165, 1.54) is 37.0 Å². The third-order valence-corrected chi connectivity index (χ3v) is 7.84. The standard InChI is InChI=1S/C24H33N3O2S/c28-23(21-16-20-9-13-25-17-22(20)30-21)26-12-5-4-6-18-10-14-27(15-11-18)24(29)19-7-2-1-3-8-19/h9,13,16-19H,1-8,10-12,14-15H2,(H,26,28). The largest absolute Gasteiger partial charge is 0.351 e. The number of nitrogens with zero attached hydrogens (tertiary/aromatic N) is 2. The zero-order valence-corrected chi connectivity index (χ0v) is 18.6. The molecule has 0 bridgehead atoms. The first-order chi connectivity index (χ1) is 14.7. The van der Waals surface area contributed by atoms with Crippen LogP contribution in [0.2, 0.25) is 0 Å². The third kappa shape index (κ3) is 5.39. The third-order valence-electron chi connectivity index (χ3n) is 6.75. The molecule has 30 heavy (non-hydrogen) atoms. The SMILES string of the molecule is O=C(NCCCCC1CCN(C(=O)C2CCCCC2)CC1)c1cc2ccncc2s1. The van der Waals surface area contributed by atoms with E-state index in [9.17, 15) is 9.59 Å². The predicted octanol–water partition coefficient (Wildman–Crippen LogP) is 5.02. The first-order valence-electron chi connectivity index (χ1n) is 11.6. The van der Waals surface area contributed by atoms with Crippen molar-refractivity contribution in [1.29, 1.82) is 0 Å². The van der Waals surface area contributed by atoms with E-state index < -0.39 is 0 Å². The van der Waals surface area contributed by atoms with E-state index in [1.807, 2.05) is 18.3 Å². The van der Waals surface area contributed by atoms with Gasteiger partial charge in [-0.05, 0) is 55.5 Å². The van der Waals surface area contributed by atoms with E-state index in [-0.39, 0.29) is 5.91 Å². The summed E-state index contributed by atoms with van der Waals surface area (Å²) in [4.78, 5) is 32.0. The highest BCUT2D eigenvalue weighted by Gasteiger charge is 2.28. The average Bonchev–Trinajstić information content (AvgIpc) is 3.24. The van der Waals surface area contributed by atoms with Gasteiger partial charge in [0.1, 0.15) is 0 Å². The Morgan fingerprint density at radius 2 is 1.90 bits per heavy atom. The second-order valence-corrected chi connectivity index (χ2v) is 9.96. The van der Waals surface area contributed by atoms with Gasteiger partial charge >= 0.3 is 0 Å². The second kappa shape index (κ2) is 10.4. The van der Waals surface area contributed by atoms with E-state index in [2.05, 4.69) is 15.2 Å². The summed E-state index contributed by atoms with van der Waals surface area (Å²) < 4.78 is 1.05. The van der Waals surface area contributed by atoms with Crippen molar-refractivity contribution in [2.24, 2.45) is 11.8 Å². The Morgan fingerprint density at radius 3 is 2.67 bits per heavy atom. The zero-order valence-electron chi connectivity index (χ0n) is 17.8. The number of likely N-dealkylation sites (tertiary alicyclic amines) is 1. The molecule has 1 saturated carbocycles. The van der Waals surface area contributed by atoms with Crippen LogP contribution in [0.1, 0.15) is 73.9 Å². The Morgan fingerprint density at radius 1 is 1.10 bits per heavy atom. The summed E-state index contributed by atoms with van der Waals surface area (Å²) >= 11 is 1.50. The number of piperidine rings is 1. The van der Waals surface area contributed by atoms with Crippen molar-refractivity contribution in [3.63, 3.8) is 0 Å². The molecular formula is C24H33N3O2S. The summed E-state index contributed by atoms with van der Waals surface area (Å²) in [5.41, 5.74) is 0. The van der Waals surface area contributed by atoms with Crippen molar-refractivity contribution >= 4 is 33.2 Å². The number of hydrogen-bond donors (Lipinski definition) is 1. The molecule has 162 valence electrons. The molecule has 0 aromatic carbocycles. The number of pyridine rings is 1. The average molecular weight is 428 g/mol. The smallest absolute Gasteiger partial charge is 0.261 e. The molecule has 6 heteroatoms. The molecule has 2 amide bonds. The normalized spacial score (nSPS) is 18.6. The number of hydrogen-bond acceptors (Lipinski definition) is 4. The minimum absolute atomic E-state index is 0.0192. The molecule has 3 heterocycles. The van der Waals surface area contributed by atoms with E-state index in [4.69, 9.17) is 0 Å². The highest BCUT2D eigenvalue weighted by atomic mass is 32.1. The molecule has 0 unspecified atom stereocenters. The number of unbranched alkanes of at least 4 members (excludes halogenated alkanes) is 1. The summed E-state index contributed by atoms with van der Waals surface area (Å²) in [6.07, 6.45) is 15.2. The minimum Gasteiger partial charge on any atom is -0.351 e. The maximum atomic E-state index is 12.7. The summed E-state index contributed by atoms with van der Waals surface area (Å²) in [5.74, 6) is 1.47. The first kappa shape index (κ1) is 21.3. The Labute approximate surface area is 183 Å². The van der Waals surface area contributed by atoms with Gasteiger partial charge in [0.15, 0.2) is 0 Å². The fourth-order valence-electron chi connectivity index (χ4n) is 4.89. The van der Waals surface area contributed by atoms with Crippen LogP contribution in [0.25, 0.3) is 10.1 Å². The Hall–Kier alpha value is -1.95. The topological polar surface area (TPSA) is 62.3 Å². The Balaban J connectivity index is 1.10. The zero-order chi connectivity index (χ0) is 20.8. The number of rotatable bonds is 7. The molecule has 1 aliphatic heterocycles. The van der Waals surface area contributed by atoms with Crippen LogP contribution < -0.4 is 5.32 Å². The molecular weight excluding hydrogens is 394 g/mol. The van der Waals surface area contributed by atoms with Crippen LogP contribution in [0.15, 0.2) is 24.5 Å². The van der Waals surface area contributed by atoms with Crippen LogP contribution in [-0.2, 0) is 4.79 Å².